The summed E-state index contributed by atoms with van der Waals surface area (Å²) in [4.78, 5) is 11.8. The third kappa shape index (κ3) is 3.69. The van der Waals surface area contributed by atoms with E-state index in [0.717, 1.165) is 5.56 Å². The minimum Gasteiger partial charge on any atom is -0.409 e. The van der Waals surface area contributed by atoms with Crippen LogP contribution in [0.5, 0.6) is 0 Å². The number of hydrogen-bond donors (Lipinski definition) is 3. The molecule has 1 unspecified atom stereocenters. The van der Waals surface area contributed by atoms with Crippen molar-refractivity contribution in [1.29, 1.82) is 0 Å². The molecule has 108 valence electrons. The zero-order valence-electron chi connectivity index (χ0n) is 10.9. The van der Waals surface area contributed by atoms with Gasteiger partial charge in [-0.2, -0.15) is 0 Å². The summed E-state index contributed by atoms with van der Waals surface area (Å²) in [6.07, 6.45) is -0.559. The number of amidine groups is 1. The van der Waals surface area contributed by atoms with Crippen LogP contribution in [-0.2, 0) is 20.8 Å². The molecule has 1 aromatic carbocycles. The van der Waals surface area contributed by atoms with Crippen molar-refractivity contribution in [3.8, 4) is 0 Å². The van der Waals surface area contributed by atoms with Gasteiger partial charge >= 0.3 is 0 Å². The molecule has 0 spiro atoms. The Morgan fingerprint density at radius 3 is 3.05 bits per heavy atom. The van der Waals surface area contributed by atoms with Crippen molar-refractivity contribution in [3.05, 3.63) is 35.4 Å². The molecule has 1 aromatic rings. The predicted molar refractivity (Wildman–Crippen MR) is 71.4 cm³/mol. The highest BCUT2D eigenvalue weighted by molar-refractivity contribution is 5.97. The topological polar surface area (TPSA) is 106 Å². The number of oxime groups is 1. The fraction of sp³-hybridized carbons (Fsp3) is 0.385. The van der Waals surface area contributed by atoms with Gasteiger partial charge in [0.2, 0.25) is 0 Å². The van der Waals surface area contributed by atoms with Gasteiger partial charge in [0.1, 0.15) is 0 Å². The molecule has 0 aliphatic carbocycles. The van der Waals surface area contributed by atoms with Gasteiger partial charge in [0.15, 0.2) is 11.9 Å². The number of nitrogens with zero attached hydrogens (tertiary/aromatic N) is 1. The molecule has 20 heavy (non-hydrogen) atoms. The molecular formula is C13H17N3O4. The van der Waals surface area contributed by atoms with Gasteiger partial charge in [0.05, 0.1) is 19.8 Å². The summed E-state index contributed by atoms with van der Waals surface area (Å²) < 4.78 is 10.5. The van der Waals surface area contributed by atoms with Crippen molar-refractivity contribution in [3.63, 3.8) is 0 Å². The molecule has 0 bridgehead atoms. The molecule has 1 amide bonds. The third-order valence-electron chi connectivity index (χ3n) is 2.91. The Labute approximate surface area is 116 Å². The second kappa shape index (κ2) is 6.88. The molecule has 0 aromatic heterocycles. The van der Waals surface area contributed by atoms with Gasteiger partial charge in [-0.3, -0.25) is 4.79 Å². The molecule has 0 saturated carbocycles. The fourth-order valence-corrected chi connectivity index (χ4v) is 1.84. The Hall–Kier alpha value is -2.12. The monoisotopic (exact) mass is 279 g/mol. The first-order chi connectivity index (χ1) is 9.70. The molecule has 4 N–H and O–H groups in total. The smallest absolute Gasteiger partial charge is 0.251 e. The molecule has 1 aliphatic rings. The maximum atomic E-state index is 11.8. The minimum atomic E-state index is -0.559. The first-order valence-electron chi connectivity index (χ1n) is 6.24. The standard InChI is InChI=1S/C13H17N3O4/c14-12(16-18)10-3-1-2-9(6-10)7-15-13(17)11-8-19-4-5-20-11/h1-3,6,11,18H,4-5,7-8H2,(H2,14,16)(H,15,17). The van der Waals surface area contributed by atoms with Crippen LogP contribution in [0, 0.1) is 0 Å². The Kier molecular flexibility index (Phi) is 4.91. The van der Waals surface area contributed by atoms with Crippen molar-refractivity contribution < 1.29 is 19.5 Å². The number of amides is 1. The van der Waals surface area contributed by atoms with Crippen LogP contribution in [0.25, 0.3) is 0 Å². The Balaban J connectivity index is 1.91. The van der Waals surface area contributed by atoms with Crippen molar-refractivity contribution in [1.82, 2.24) is 5.32 Å². The van der Waals surface area contributed by atoms with Gasteiger partial charge in [-0.25, -0.2) is 0 Å². The summed E-state index contributed by atoms with van der Waals surface area (Å²) in [5, 5.41) is 14.3. The van der Waals surface area contributed by atoms with Crippen LogP contribution >= 0.6 is 0 Å². The molecule has 1 atom stereocenters. The second-order valence-corrected chi connectivity index (χ2v) is 4.34. The molecular weight excluding hydrogens is 262 g/mol. The van der Waals surface area contributed by atoms with Crippen LogP contribution in [0.2, 0.25) is 0 Å². The van der Waals surface area contributed by atoms with Crippen molar-refractivity contribution in [2.75, 3.05) is 19.8 Å². The number of nitrogens with one attached hydrogen (secondary N) is 1. The number of nitrogens with two attached hydrogens (primary N) is 1. The highest BCUT2D eigenvalue weighted by Gasteiger charge is 2.22. The SMILES string of the molecule is NC(=NO)c1cccc(CNC(=O)C2COCCO2)c1. The van der Waals surface area contributed by atoms with Gasteiger partial charge in [-0.05, 0) is 11.6 Å². The van der Waals surface area contributed by atoms with Crippen molar-refractivity contribution in [2.45, 2.75) is 12.6 Å². The number of ether oxygens (including phenoxy) is 2. The van der Waals surface area contributed by atoms with E-state index in [1.807, 2.05) is 6.07 Å². The number of rotatable bonds is 4. The highest BCUT2D eigenvalue weighted by atomic mass is 16.6. The summed E-state index contributed by atoms with van der Waals surface area (Å²) in [6.45, 7) is 1.56. The van der Waals surface area contributed by atoms with E-state index in [0.29, 0.717) is 25.3 Å². The number of benzene rings is 1. The molecule has 2 rings (SSSR count). The summed E-state index contributed by atoms with van der Waals surface area (Å²) in [7, 11) is 0. The van der Waals surface area contributed by atoms with Crippen LogP contribution in [0.4, 0.5) is 0 Å². The van der Waals surface area contributed by atoms with Crippen LogP contribution in [-0.4, -0.2) is 42.9 Å². The molecule has 1 heterocycles. The first kappa shape index (κ1) is 14.3. The maximum Gasteiger partial charge on any atom is 0.251 e. The van der Waals surface area contributed by atoms with Gasteiger partial charge in [0, 0.05) is 12.1 Å². The first-order valence-corrected chi connectivity index (χ1v) is 6.24. The van der Waals surface area contributed by atoms with E-state index in [-0.39, 0.29) is 18.3 Å². The molecule has 0 radical (unpaired) electrons. The third-order valence-corrected chi connectivity index (χ3v) is 2.91. The van der Waals surface area contributed by atoms with E-state index >= 15 is 0 Å². The van der Waals surface area contributed by atoms with E-state index < -0.39 is 6.10 Å². The summed E-state index contributed by atoms with van der Waals surface area (Å²) >= 11 is 0. The van der Waals surface area contributed by atoms with Crippen LogP contribution < -0.4 is 11.1 Å². The Bertz CT molecular complexity index is 498. The molecule has 7 nitrogen and oxygen atoms in total. The largest absolute Gasteiger partial charge is 0.409 e. The van der Waals surface area contributed by atoms with Gasteiger partial charge in [0.25, 0.3) is 5.91 Å². The van der Waals surface area contributed by atoms with Crippen LogP contribution in [0.15, 0.2) is 29.4 Å². The average Bonchev–Trinajstić information content (AvgIpc) is 2.53. The van der Waals surface area contributed by atoms with Crippen LogP contribution in [0.3, 0.4) is 0 Å². The molecule has 7 heteroatoms. The summed E-state index contributed by atoms with van der Waals surface area (Å²) in [6, 6.07) is 7.08. The summed E-state index contributed by atoms with van der Waals surface area (Å²) in [5.41, 5.74) is 6.95. The fourth-order valence-electron chi connectivity index (χ4n) is 1.84. The van der Waals surface area contributed by atoms with E-state index in [4.69, 9.17) is 20.4 Å². The van der Waals surface area contributed by atoms with E-state index in [2.05, 4.69) is 10.5 Å². The lowest BCUT2D eigenvalue weighted by Crippen LogP contribution is -2.42. The van der Waals surface area contributed by atoms with Gasteiger partial charge < -0.3 is 25.7 Å². The number of carbonyl (C=O) groups excluding carboxylic acids is 1. The molecule has 1 aliphatic heterocycles. The van der Waals surface area contributed by atoms with Gasteiger partial charge in [-0.1, -0.05) is 23.4 Å². The quantitative estimate of drug-likeness (QED) is 0.306. The van der Waals surface area contributed by atoms with Crippen molar-refractivity contribution >= 4 is 11.7 Å². The zero-order chi connectivity index (χ0) is 14.4. The number of hydrogen-bond acceptors (Lipinski definition) is 5. The van der Waals surface area contributed by atoms with Gasteiger partial charge in [-0.15, -0.1) is 0 Å². The lowest BCUT2D eigenvalue weighted by Gasteiger charge is -2.22. The Morgan fingerprint density at radius 1 is 1.50 bits per heavy atom. The molecule has 1 saturated heterocycles. The number of carbonyl (C=O) groups is 1. The predicted octanol–water partition coefficient (Wildman–Crippen LogP) is -0.187. The average molecular weight is 279 g/mol. The van der Waals surface area contributed by atoms with Crippen LogP contribution in [0.1, 0.15) is 11.1 Å². The minimum absolute atomic E-state index is 0.0298. The maximum absolute atomic E-state index is 11.8. The zero-order valence-corrected chi connectivity index (χ0v) is 10.9. The lowest BCUT2D eigenvalue weighted by molar-refractivity contribution is -0.147. The highest BCUT2D eigenvalue weighted by Crippen LogP contribution is 2.06. The normalized spacial score (nSPS) is 19.6. The Morgan fingerprint density at radius 2 is 2.35 bits per heavy atom. The summed E-state index contributed by atoms with van der Waals surface area (Å²) in [5.74, 6) is -0.180. The van der Waals surface area contributed by atoms with E-state index in [1.165, 1.54) is 0 Å². The lowest BCUT2D eigenvalue weighted by atomic mass is 10.1. The van der Waals surface area contributed by atoms with E-state index in [1.54, 1.807) is 18.2 Å². The van der Waals surface area contributed by atoms with E-state index in [9.17, 15) is 4.79 Å². The second-order valence-electron chi connectivity index (χ2n) is 4.34. The van der Waals surface area contributed by atoms with Crippen molar-refractivity contribution in [2.24, 2.45) is 10.9 Å². The molecule has 1 fully saturated rings.